The van der Waals surface area contributed by atoms with Crippen molar-refractivity contribution in [3.05, 3.63) is 28.8 Å². The lowest BCUT2D eigenvalue weighted by molar-refractivity contribution is 0.107. The number of rotatable bonds is 2. The predicted molar refractivity (Wildman–Crippen MR) is 53.2 cm³/mol. The molecule has 0 aliphatic carbocycles. The maximum atomic E-state index is 10.8. The van der Waals surface area contributed by atoms with Crippen molar-refractivity contribution in [2.75, 3.05) is 0 Å². The summed E-state index contributed by atoms with van der Waals surface area (Å²) in [5, 5.41) is 7.79. The summed E-state index contributed by atoms with van der Waals surface area (Å²) in [4.78, 5) is 21.7. The molecule has 1 aromatic carbocycles. The molecule has 0 saturated carbocycles. The van der Waals surface area contributed by atoms with E-state index < -0.39 is 16.2 Å². The second kappa shape index (κ2) is 3.98. The molecule has 0 bridgehead atoms. The fourth-order valence-electron chi connectivity index (χ4n) is 1.08. The number of aryl methyl sites for hydroxylation is 1. The highest BCUT2D eigenvalue weighted by atomic mass is 35.5. The van der Waals surface area contributed by atoms with Crippen molar-refractivity contribution in [2.45, 2.75) is 6.92 Å². The van der Waals surface area contributed by atoms with Crippen LogP contribution in [0.5, 0.6) is 5.75 Å². The molecule has 3 nitrogen and oxygen atoms in total. The fourth-order valence-corrected chi connectivity index (χ4v) is 1.37. The lowest BCUT2D eigenvalue weighted by atomic mass is 10.1. The maximum absolute atomic E-state index is 10.8. The van der Waals surface area contributed by atoms with Gasteiger partial charge in [-0.05, 0) is 47.8 Å². The van der Waals surface area contributed by atoms with Crippen molar-refractivity contribution in [1.29, 1.82) is 0 Å². The second-order valence-electron chi connectivity index (χ2n) is 2.76. The first-order valence-corrected chi connectivity index (χ1v) is 4.42. The number of hydrogen-bond acceptors (Lipinski definition) is 3. The molecule has 0 aliphatic rings. The molecular formula is C9H6Cl2O3. The number of phenols is 1. The molecule has 0 aromatic heterocycles. The highest BCUT2D eigenvalue weighted by molar-refractivity contribution is 6.69. The Morgan fingerprint density at radius 2 is 1.50 bits per heavy atom. The van der Waals surface area contributed by atoms with Crippen LogP contribution in [0.4, 0.5) is 0 Å². The Balaban J connectivity index is 3.47. The lowest BCUT2D eigenvalue weighted by Crippen LogP contribution is -1.98. The van der Waals surface area contributed by atoms with Gasteiger partial charge in [-0.15, -0.1) is 0 Å². The van der Waals surface area contributed by atoms with Crippen LogP contribution in [0.15, 0.2) is 12.1 Å². The number of hydrogen-bond donors (Lipinski definition) is 1. The highest BCUT2D eigenvalue weighted by Gasteiger charge is 2.17. The third-order valence-corrected chi connectivity index (χ3v) is 2.08. The largest absolute Gasteiger partial charge is 0.506 e. The molecule has 1 aromatic rings. The molecule has 0 fully saturated rings. The van der Waals surface area contributed by atoms with E-state index in [0.29, 0.717) is 5.56 Å². The first kappa shape index (κ1) is 11.0. The van der Waals surface area contributed by atoms with Gasteiger partial charge in [-0.3, -0.25) is 9.59 Å². The molecule has 0 atom stereocenters. The molecule has 0 spiro atoms. The molecule has 0 aliphatic heterocycles. The zero-order valence-corrected chi connectivity index (χ0v) is 8.69. The van der Waals surface area contributed by atoms with Crippen LogP contribution in [0.3, 0.4) is 0 Å². The number of carbonyl (C=O) groups is 2. The van der Waals surface area contributed by atoms with Gasteiger partial charge in [0.25, 0.3) is 10.5 Å². The van der Waals surface area contributed by atoms with Crippen LogP contribution in [-0.2, 0) is 0 Å². The summed E-state index contributed by atoms with van der Waals surface area (Å²) in [6.07, 6.45) is 0. The van der Waals surface area contributed by atoms with E-state index in [4.69, 9.17) is 23.2 Å². The fraction of sp³-hybridized carbons (Fsp3) is 0.111. The molecule has 1 N–H and O–H groups in total. The SMILES string of the molecule is Cc1cc(C(=O)Cl)c(O)c(C(=O)Cl)c1. The van der Waals surface area contributed by atoms with Gasteiger partial charge in [0.1, 0.15) is 5.75 Å². The minimum absolute atomic E-state index is 0.115. The van der Waals surface area contributed by atoms with Crippen molar-refractivity contribution >= 4 is 33.7 Å². The summed E-state index contributed by atoms with van der Waals surface area (Å²) in [5.74, 6) is -0.476. The van der Waals surface area contributed by atoms with Crippen LogP contribution in [0.2, 0.25) is 0 Å². The summed E-state index contributed by atoms with van der Waals surface area (Å²) in [5.41, 5.74) is 0.391. The Morgan fingerprint density at radius 1 is 1.14 bits per heavy atom. The van der Waals surface area contributed by atoms with E-state index in [9.17, 15) is 14.7 Å². The molecule has 74 valence electrons. The Labute approximate surface area is 90.3 Å². The van der Waals surface area contributed by atoms with Gasteiger partial charge in [0.2, 0.25) is 0 Å². The maximum Gasteiger partial charge on any atom is 0.256 e. The average Bonchev–Trinajstić information content (AvgIpc) is 2.07. The predicted octanol–water partition coefficient (Wildman–Crippen LogP) is 2.46. The van der Waals surface area contributed by atoms with E-state index in [-0.39, 0.29) is 11.1 Å². The van der Waals surface area contributed by atoms with Crippen molar-refractivity contribution < 1.29 is 14.7 Å². The van der Waals surface area contributed by atoms with E-state index in [2.05, 4.69) is 0 Å². The Morgan fingerprint density at radius 3 is 1.79 bits per heavy atom. The van der Waals surface area contributed by atoms with E-state index in [1.807, 2.05) is 0 Å². The zero-order chi connectivity index (χ0) is 10.9. The van der Waals surface area contributed by atoms with Crippen LogP contribution >= 0.6 is 23.2 Å². The highest BCUT2D eigenvalue weighted by Crippen LogP contribution is 2.27. The van der Waals surface area contributed by atoms with Crippen molar-refractivity contribution in [3.63, 3.8) is 0 Å². The quantitative estimate of drug-likeness (QED) is 0.798. The topological polar surface area (TPSA) is 54.4 Å². The first-order valence-electron chi connectivity index (χ1n) is 3.66. The first-order chi connectivity index (χ1) is 6.43. The number of carbonyl (C=O) groups excluding carboxylic acids is 2. The average molecular weight is 233 g/mol. The van der Waals surface area contributed by atoms with Crippen LogP contribution < -0.4 is 0 Å². The number of halogens is 2. The minimum Gasteiger partial charge on any atom is -0.506 e. The summed E-state index contributed by atoms with van der Waals surface area (Å²) in [7, 11) is 0. The minimum atomic E-state index is -0.828. The van der Waals surface area contributed by atoms with Crippen LogP contribution in [0, 0.1) is 6.92 Å². The van der Waals surface area contributed by atoms with Crippen LogP contribution in [0.25, 0.3) is 0 Å². The van der Waals surface area contributed by atoms with E-state index >= 15 is 0 Å². The molecular weight excluding hydrogens is 227 g/mol. The van der Waals surface area contributed by atoms with Gasteiger partial charge in [0.15, 0.2) is 0 Å². The molecule has 1 rings (SSSR count). The van der Waals surface area contributed by atoms with Crippen LogP contribution in [-0.4, -0.2) is 15.6 Å². The molecule has 0 heterocycles. The smallest absolute Gasteiger partial charge is 0.256 e. The van der Waals surface area contributed by atoms with E-state index in [1.165, 1.54) is 12.1 Å². The molecule has 5 heteroatoms. The van der Waals surface area contributed by atoms with Gasteiger partial charge in [0.05, 0.1) is 11.1 Å². The molecule has 0 saturated heterocycles. The van der Waals surface area contributed by atoms with Gasteiger partial charge in [-0.1, -0.05) is 0 Å². The van der Waals surface area contributed by atoms with Crippen LogP contribution in [0.1, 0.15) is 26.3 Å². The van der Waals surface area contributed by atoms with Gasteiger partial charge < -0.3 is 5.11 Å². The molecule has 0 radical (unpaired) electrons. The number of aromatic hydroxyl groups is 1. The normalized spacial score (nSPS) is 9.93. The monoisotopic (exact) mass is 232 g/mol. The molecule has 0 unspecified atom stereocenters. The molecule has 14 heavy (non-hydrogen) atoms. The summed E-state index contributed by atoms with van der Waals surface area (Å²) < 4.78 is 0. The standard InChI is InChI=1S/C9H6Cl2O3/c1-4-2-5(8(10)13)7(12)6(3-4)9(11)14/h2-3,12H,1H3. The summed E-state index contributed by atoms with van der Waals surface area (Å²) in [6, 6.07) is 2.77. The van der Waals surface area contributed by atoms with Gasteiger partial charge in [-0.2, -0.15) is 0 Å². The molecule has 0 amide bonds. The Bertz CT molecular complexity index is 378. The van der Waals surface area contributed by atoms with Gasteiger partial charge >= 0.3 is 0 Å². The zero-order valence-electron chi connectivity index (χ0n) is 7.17. The third kappa shape index (κ3) is 2.05. The van der Waals surface area contributed by atoms with E-state index in [0.717, 1.165) is 0 Å². The number of benzene rings is 1. The number of phenolic OH excluding ortho intramolecular Hbond substituents is 1. The Kier molecular flexibility index (Phi) is 3.13. The Hall–Kier alpha value is -1.06. The lowest BCUT2D eigenvalue weighted by Gasteiger charge is -2.05. The van der Waals surface area contributed by atoms with E-state index in [1.54, 1.807) is 6.92 Å². The van der Waals surface area contributed by atoms with Crippen molar-refractivity contribution in [3.8, 4) is 5.75 Å². The summed E-state index contributed by atoms with van der Waals surface area (Å²) >= 11 is 10.4. The van der Waals surface area contributed by atoms with Gasteiger partial charge in [-0.25, -0.2) is 0 Å². The third-order valence-electron chi connectivity index (χ3n) is 1.68. The second-order valence-corrected chi connectivity index (χ2v) is 3.44. The van der Waals surface area contributed by atoms with Gasteiger partial charge in [0, 0.05) is 0 Å². The van der Waals surface area contributed by atoms with Crippen molar-refractivity contribution in [1.82, 2.24) is 0 Å². The van der Waals surface area contributed by atoms with Crippen molar-refractivity contribution in [2.24, 2.45) is 0 Å². The summed E-state index contributed by atoms with van der Waals surface area (Å²) in [6.45, 7) is 1.66.